The summed E-state index contributed by atoms with van der Waals surface area (Å²) in [5, 5.41) is 7.75. The minimum absolute atomic E-state index is 0.0711. The van der Waals surface area contributed by atoms with Crippen molar-refractivity contribution in [3.63, 3.8) is 0 Å². The predicted octanol–water partition coefficient (Wildman–Crippen LogP) is 1.45. The van der Waals surface area contributed by atoms with Crippen LogP contribution in [0.3, 0.4) is 0 Å². The maximum absolute atomic E-state index is 13.3. The Bertz CT molecular complexity index is 1250. The molecule has 2 heterocycles. The number of halogens is 1. The monoisotopic (exact) mass is 506 g/mol. The molecule has 0 radical (unpaired) electrons. The van der Waals surface area contributed by atoms with E-state index in [1.165, 1.54) is 15.9 Å². The maximum atomic E-state index is 13.3. The normalized spacial score (nSPS) is 17.1. The Balaban J connectivity index is 1.48. The van der Waals surface area contributed by atoms with Gasteiger partial charge in [-0.3, -0.25) is 14.3 Å². The highest BCUT2D eigenvalue weighted by Gasteiger charge is 2.56. The van der Waals surface area contributed by atoms with Gasteiger partial charge in [0.15, 0.2) is 5.69 Å². The van der Waals surface area contributed by atoms with Crippen molar-refractivity contribution in [2.75, 3.05) is 27.2 Å². The smallest absolute Gasteiger partial charge is 0.272 e. The largest absolute Gasteiger partial charge is 0.368 e. The lowest BCUT2D eigenvalue weighted by molar-refractivity contribution is 0.0724. The van der Waals surface area contributed by atoms with Crippen LogP contribution < -0.4 is 5.32 Å². The van der Waals surface area contributed by atoms with Gasteiger partial charge in [0.05, 0.1) is 0 Å². The standard InChI is InChI=1S/C22H27ClN6O4S/c1-27(2)14-25-34(32,33)22(9-10-22)13-29-11-8-17-18(26-28(3)19(17)21(29)31)20(30)24-12-15-4-6-16(23)7-5-15/h4-7,14H,8-13H2,1-3H3,(H,24,30)/b25-14+. The molecule has 0 saturated heterocycles. The molecule has 1 saturated carbocycles. The van der Waals surface area contributed by atoms with E-state index in [1.807, 2.05) is 12.1 Å². The molecule has 1 N–H and O–H groups in total. The summed E-state index contributed by atoms with van der Waals surface area (Å²) in [4.78, 5) is 29.2. The van der Waals surface area contributed by atoms with Crippen LogP contribution >= 0.6 is 11.6 Å². The summed E-state index contributed by atoms with van der Waals surface area (Å²) in [6, 6.07) is 7.14. The molecule has 2 amide bonds. The second kappa shape index (κ2) is 9.03. The van der Waals surface area contributed by atoms with E-state index >= 15 is 0 Å². The Kier molecular flexibility index (Phi) is 6.43. The Morgan fingerprint density at radius 1 is 1.29 bits per heavy atom. The summed E-state index contributed by atoms with van der Waals surface area (Å²) >= 11 is 5.90. The molecule has 0 spiro atoms. The Morgan fingerprint density at radius 3 is 2.59 bits per heavy atom. The maximum Gasteiger partial charge on any atom is 0.272 e. The number of nitrogens with one attached hydrogen (secondary N) is 1. The minimum atomic E-state index is -3.76. The lowest BCUT2D eigenvalue weighted by Gasteiger charge is -2.30. The van der Waals surface area contributed by atoms with Crippen LogP contribution in [0, 0.1) is 0 Å². The number of aryl methyl sites for hydroxylation is 1. The molecule has 1 aliphatic heterocycles. The van der Waals surface area contributed by atoms with Crippen molar-refractivity contribution in [2.45, 2.75) is 30.6 Å². The fourth-order valence-electron chi connectivity index (χ4n) is 4.02. The van der Waals surface area contributed by atoms with Gasteiger partial charge in [-0.25, -0.2) is 8.42 Å². The van der Waals surface area contributed by atoms with Crippen molar-refractivity contribution in [3.8, 4) is 0 Å². The summed E-state index contributed by atoms with van der Waals surface area (Å²) in [6.07, 6.45) is 2.60. The number of benzene rings is 1. The number of nitrogens with zero attached hydrogens (tertiary/aromatic N) is 5. The van der Waals surface area contributed by atoms with Crippen molar-refractivity contribution in [1.29, 1.82) is 0 Å². The number of hydrogen-bond donors (Lipinski definition) is 1. The summed E-state index contributed by atoms with van der Waals surface area (Å²) in [6.45, 7) is 0.681. The van der Waals surface area contributed by atoms with Crippen molar-refractivity contribution in [1.82, 2.24) is 24.9 Å². The highest BCUT2D eigenvalue weighted by atomic mass is 35.5. The van der Waals surface area contributed by atoms with E-state index in [9.17, 15) is 18.0 Å². The lowest BCUT2D eigenvalue weighted by Crippen LogP contribution is -2.46. The molecule has 1 aliphatic carbocycles. The van der Waals surface area contributed by atoms with Crippen molar-refractivity contribution < 1.29 is 18.0 Å². The Morgan fingerprint density at radius 2 is 1.97 bits per heavy atom. The van der Waals surface area contributed by atoms with Crippen LogP contribution in [-0.2, 0) is 30.0 Å². The van der Waals surface area contributed by atoms with Gasteiger partial charge in [0.25, 0.3) is 21.8 Å². The topological polar surface area (TPSA) is 117 Å². The Hall–Kier alpha value is -2.92. The molecule has 10 nitrogen and oxygen atoms in total. The zero-order valence-corrected chi connectivity index (χ0v) is 20.9. The van der Waals surface area contributed by atoms with Gasteiger partial charge in [-0.15, -0.1) is 0 Å². The number of sulfonamides is 1. The minimum Gasteiger partial charge on any atom is -0.368 e. The van der Waals surface area contributed by atoms with Crippen LogP contribution in [-0.4, -0.2) is 78.1 Å². The number of fused-ring (bicyclic) bond motifs is 1. The first-order valence-corrected chi connectivity index (χ1v) is 12.7. The summed E-state index contributed by atoms with van der Waals surface area (Å²) in [7, 11) is 1.24. The van der Waals surface area contributed by atoms with E-state index in [2.05, 4.69) is 14.8 Å². The van der Waals surface area contributed by atoms with E-state index in [-0.39, 0.29) is 24.1 Å². The molecule has 2 aliphatic rings. The number of amides is 2. The number of hydrogen-bond acceptors (Lipinski definition) is 5. The fraction of sp³-hybridized carbons (Fsp3) is 0.455. The first-order valence-electron chi connectivity index (χ1n) is 10.9. The van der Waals surface area contributed by atoms with Crippen LogP contribution in [0.2, 0.25) is 5.02 Å². The molecule has 4 rings (SSSR count). The number of carbonyl (C=O) groups is 2. The van der Waals surface area contributed by atoms with Crippen molar-refractivity contribution >= 4 is 39.8 Å². The third-order valence-corrected chi connectivity index (χ3v) is 8.35. The third kappa shape index (κ3) is 4.67. The highest BCUT2D eigenvalue weighted by molar-refractivity contribution is 7.92. The molecule has 0 atom stereocenters. The lowest BCUT2D eigenvalue weighted by atomic mass is 10.0. The molecule has 182 valence electrons. The van der Waals surface area contributed by atoms with E-state index in [4.69, 9.17) is 11.6 Å². The van der Waals surface area contributed by atoms with Gasteiger partial charge in [0.1, 0.15) is 16.8 Å². The quantitative estimate of drug-likeness (QED) is 0.428. The average molecular weight is 507 g/mol. The third-order valence-electron chi connectivity index (χ3n) is 6.10. The molecule has 1 aromatic carbocycles. The molecule has 2 aromatic rings. The average Bonchev–Trinajstić information content (AvgIpc) is 3.50. The van der Waals surface area contributed by atoms with Crippen LogP contribution in [0.5, 0.6) is 0 Å². The first-order chi connectivity index (χ1) is 16.0. The van der Waals surface area contributed by atoms with Crippen LogP contribution in [0.25, 0.3) is 0 Å². The van der Waals surface area contributed by atoms with Gasteiger partial charge in [-0.2, -0.15) is 9.50 Å². The van der Waals surface area contributed by atoms with Gasteiger partial charge in [-0.05, 0) is 37.0 Å². The van der Waals surface area contributed by atoms with E-state index in [0.29, 0.717) is 48.6 Å². The van der Waals surface area contributed by atoms with Crippen LogP contribution in [0.15, 0.2) is 28.7 Å². The predicted molar refractivity (Wildman–Crippen MR) is 129 cm³/mol. The molecule has 0 bridgehead atoms. The number of carbonyl (C=O) groups excluding carboxylic acids is 2. The molecular formula is C22H27ClN6O4S. The zero-order chi connectivity index (χ0) is 24.7. The summed E-state index contributed by atoms with van der Waals surface area (Å²) in [5.74, 6) is -0.696. The molecule has 12 heteroatoms. The molecule has 1 aromatic heterocycles. The Labute approximate surface area is 203 Å². The zero-order valence-electron chi connectivity index (χ0n) is 19.3. The van der Waals surface area contributed by atoms with E-state index in [0.717, 1.165) is 5.56 Å². The van der Waals surface area contributed by atoms with Gasteiger partial charge in [0.2, 0.25) is 0 Å². The van der Waals surface area contributed by atoms with E-state index in [1.54, 1.807) is 38.2 Å². The molecule has 34 heavy (non-hydrogen) atoms. The molecule has 1 fully saturated rings. The van der Waals surface area contributed by atoms with Crippen LogP contribution in [0.4, 0.5) is 0 Å². The van der Waals surface area contributed by atoms with Crippen LogP contribution in [0.1, 0.15) is 44.9 Å². The molecular weight excluding hydrogens is 480 g/mol. The molecule has 0 unspecified atom stereocenters. The second-order valence-electron chi connectivity index (χ2n) is 8.93. The summed E-state index contributed by atoms with van der Waals surface area (Å²) < 4.78 is 29.7. The van der Waals surface area contributed by atoms with Gasteiger partial charge < -0.3 is 15.1 Å². The van der Waals surface area contributed by atoms with Gasteiger partial charge >= 0.3 is 0 Å². The van der Waals surface area contributed by atoms with Crippen molar-refractivity contribution in [2.24, 2.45) is 11.4 Å². The van der Waals surface area contributed by atoms with E-state index < -0.39 is 14.8 Å². The SMILES string of the molecule is CN(C)/C=N/S(=O)(=O)C1(CN2CCc3c(C(=O)NCc4ccc(Cl)cc4)nn(C)c3C2=O)CC1. The number of aromatic nitrogens is 2. The van der Waals surface area contributed by atoms with Crippen molar-refractivity contribution in [3.05, 3.63) is 51.8 Å². The summed E-state index contributed by atoms with van der Waals surface area (Å²) in [5.41, 5.74) is 1.99. The fourth-order valence-corrected chi connectivity index (χ4v) is 5.62. The second-order valence-corrected chi connectivity index (χ2v) is 11.4. The highest BCUT2D eigenvalue weighted by Crippen LogP contribution is 2.45. The van der Waals surface area contributed by atoms with Gasteiger partial charge in [-0.1, -0.05) is 23.7 Å². The number of rotatable bonds is 8. The van der Waals surface area contributed by atoms with Gasteiger partial charge in [0, 0.05) is 51.4 Å². The first kappa shape index (κ1) is 24.2.